The molecular weight excluding hydrogens is 293 g/mol. The van der Waals surface area contributed by atoms with E-state index >= 15 is 0 Å². The Morgan fingerprint density at radius 2 is 2.19 bits per heavy atom. The third kappa shape index (κ3) is 3.12. The number of carbonyl (C=O) groups excluding carboxylic acids is 1. The summed E-state index contributed by atoms with van der Waals surface area (Å²) >= 11 is 8.92. The average Bonchev–Trinajstić information content (AvgIpc) is 2.22. The van der Waals surface area contributed by atoms with Gasteiger partial charge < -0.3 is 9.64 Å². The number of hydrogen-bond acceptors (Lipinski definition) is 2. The average molecular weight is 307 g/mol. The van der Waals surface area contributed by atoms with Crippen molar-refractivity contribution >= 4 is 32.3 Å². The number of ether oxygens (including phenoxy) is 1. The van der Waals surface area contributed by atoms with Gasteiger partial charge in [-0.15, -0.1) is 0 Å². The Bertz CT molecular complexity index is 409. The minimum Gasteiger partial charge on any atom is -0.495 e. The fourth-order valence-corrected chi connectivity index (χ4v) is 1.73. The molecule has 1 aromatic rings. The van der Waals surface area contributed by atoms with E-state index in [4.69, 9.17) is 16.3 Å². The molecule has 0 atom stereocenters. The monoisotopic (exact) mass is 305 g/mol. The van der Waals surface area contributed by atoms with Gasteiger partial charge in [0.25, 0.3) is 4.82 Å². The van der Waals surface area contributed by atoms with Crippen LogP contribution in [0, 0.1) is 6.92 Å². The van der Waals surface area contributed by atoms with E-state index in [1.807, 2.05) is 19.1 Å². The molecule has 0 unspecified atom stereocenters. The molecule has 1 rings (SSSR count). The summed E-state index contributed by atoms with van der Waals surface area (Å²) in [4.78, 5) is 12.5. The van der Waals surface area contributed by atoms with Gasteiger partial charge in [-0.25, -0.2) is 0 Å². The van der Waals surface area contributed by atoms with Crippen LogP contribution in [-0.2, 0) is 6.54 Å². The van der Waals surface area contributed by atoms with Crippen LogP contribution in [0.5, 0.6) is 5.75 Å². The van der Waals surface area contributed by atoms with E-state index in [1.54, 1.807) is 19.1 Å². The fourth-order valence-electron chi connectivity index (χ4n) is 1.34. The first-order valence-electron chi connectivity index (χ1n) is 4.69. The lowest BCUT2D eigenvalue weighted by Crippen LogP contribution is -2.20. The predicted octanol–water partition coefficient (Wildman–Crippen LogP) is 3.60. The predicted molar refractivity (Wildman–Crippen MR) is 68.5 cm³/mol. The van der Waals surface area contributed by atoms with Crippen molar-refractivity contribution in [3.05, 3.63) is 28.3 Å². The summed E-state index contributed by atoms with van der Waals surface area (Å²) in [6.45, 7) is 2.47. The van der Waals surface area contributed by atoms with Crippen LogP contribution < -0.4 is 4.74 Å². The summed E-state index contributed by atoms with van der Waals surface area (Å²) in [6.07, 6.45) is 0. The van der Waals surface area contributed by atoms with Gasteiger partial charge in [-0.1, -0.05) is 11.6 Å². The number of carbonyl (C=O) groups is 1. The summed E-state index contributed by atoms with van der Waals surface area (Å²) < 4.78 is 5.11. The van der Waals surface area contributed by atoms with Crippen molar-refractivity contribution in [2.75, 3.05) is 14.2 Å². The maximum absolute atomic E-state index is 11.1. The van der Waals surface area contributed by atoms with Gasteiger partial charge in [-0.05, 0) is 30.2 Å². The van der Waals surface area contributed by atoms with Gasteiger partial charge in [0.15, 0.2) is 0 Å². The topological polar surface area (TPSA) is 29.5 Å². The van der Waals surface area contributed by atoms with Crippen LogP contribution in [0.3, 0.4) is 0 Å². The number of hydrogen-bond donors (Lipinski definition) is 0. The number of nitrogens with zero attached hydrogens (tertiary/aromatic N) is 1. The molecule has 0 fully saturated rings. The summed E-state index contributed by atoms with van der Waals surface area (Å²) in [5.74, 6) is 0.649. The number of benzene rings is 1. The lowest BCUT2D eigenvalue weighted by atomic mass is 10.1. The molecule has 0 radical (unpaired) electrons. The minimum atomic E-state index is -0.154. The zero-order valence-corrected chi connectivity index (χ0v) is 11.7. The first kappa shape index (κ1) is 13.3. The maximum Gasteiger partial charge on any atom is 0.289 e. The van der Waals surface area contributed by atoms with Gasteiger partial charge in [0, 0.05) is 29.5 Å². The van der Waals surface area contributed by atoms with E-state index in [0.29, 0.717) is 17.3 Å². The first-order valence-corrected chi connectivity index (χ1v) is 5.86. The fraction of sp³-hybridized carbons (Fsp3) is 0.364. The lowest BCUT2D eigenvalue weighted by molar-refractivity contribution is 0.233. The van der Waals surface area contributed by atoms with Crippen molar-refractivity contribution in [1.29, 1.82) is 0 Å². The molecule has 0 aliphatic rings. The second kappa shape index (κ2) is 5.55. The van der Waals surface area contributed by atoms with E-state index in [-0.39, 0.29) is 4.82 Å². The van der Waals surface area contributed by atoms with E-state index < -0.39 is 0 Å². The molecule has 5 heteroatoms. The van der Waals surface area contributed by atoms with Crippen molar-refractivity contribution in [3.63, 3.8) is 0 Å². The number of halogens is 2. The number of aryl methyl sites for hydroxylation is 1. The normalized spacial score (nSPS) is 10.1. The molecule has 88 valence electrons. The quantitative estimate of drug-likeness (QED) is 0.631. The molecule has 1 aromatic carbocycles. The van der Waals surface area contributed by atoms with Crippen molar-refractivity contribution in [2.45, 2.75) is 13.5 Å². The molecule has 0 bridgehead atoms. The Hall–Kier alpha value is -0.740. The van der Waals surface area contributed by atoms with E-state index in [1.165, 1.54) is 0 Å². The summed E-state index contributed by atoms with van der Waals surface area (Å²) in [5, 5.41) is 0.554. The third-order valence-electron chi connectivity index (χ3n) is 2.32. The summed E-state index contributed by atoms with van der Waals surface area (Å²) in [6, 6.07) is 3.69. The Morgan fingerprint density at radius 3 is 2.69 bits per heavy atom. The molecule has 3 nitrogen and oxygen atoms in total. The molecule has 0 N–H and O–H groups in total. The van der Waals surface area contributed by atoms with Crippen molar-refractivity contribution in [1.82, 2.24) is 4.90 Å². The Morgan fingerprint density at radius 1 is 1.56 bits per heavy atom. The summed E-state index contributed by atoms with van der Waals surface area (Å²) in [7, 11) is 3.29. The first-order chi connectivity index (χ1) is 7.45. The van der Waals surface area contributed by atoms with Crippen LogP contribution in [0.2, 0.25) is 5.02 Å². The zero-order valence-electron chi connectivity index (χ0n) is 9.38. The molecular formula is C11H13BrClNO2. The smallest absolute Gasteiger partial charge is 0.289 e. The molecule has 16 heavy (non-hydrogen) atoms. The van der Waals surface area contributed by atoms with E-state index in [2.05, 4.69) is 15.9 Å². The van der Waals surface area contributed by atoms with Crippen LogP contribution in [0.1, 0.15) is 11.1 Å². The van der Waals surface area contributed by atoms with Crippen molar-refractivity contribution in [2.24, 2.45) is 0 Å². The SMILES string of the molecule is COc1cc(C)c(CN(C)C(=O)Br)cc1Cl. The van der Waals surface area contributed by atoms with E-state index in [0.717, 1.165) is 11.1 Å². The number of rotatable bonds is 3. The second-order valence-corrected chi connectivity index (χ2v) is 4.61. The second-order valence-electron chi connectivity index (χ2n) is 3.52. The number of methoxy groups -OCH3 is 1. The van der Waals surface area contributed by atoms with Crippen LogP contribution >= 0.6 is 27.5 Å². The van der Waals surface area contributed by atoms with E-state index in [9.17, 15) is 4.79 Å². The lowest BCUT2D eigenvalue weighted by Gasteiger charge is -2.16. The maximum atomic E-state index is 11.1. The molecule has 0 aliphatic carbocycles. The van der Waals surface area contributed by atoms with Crippen molar-refractivity contribution in [3.8, 4) is 5.75 Å². The summed E-state index contributed by atoms with van der Waals surface area (Å²) in [5.41, 5.74) is 2.04. The van der Waals surface area contributed by atoms with Crippen molar-refractivity contribution < 1.29 is 9.53 Å². The number of amides is 1. The van der Waals surface area contributed by atoms with Gasteiger partial charge in [0.1, 0.15) is 5.75 Å². The highest BCUT2D eigenvalue weighted by Crippen LogP contribution is 2.28. The molecule has 0 saturated carbocycles. The molecule has 0 saturated heterocycles. The van der Waals surface area contributed by atoms with Gasteiger partial charge in [-0.3, -0.25) is 4.79 Å². The highest BCUT2D eigenvalue weighted by Gasteiger charge is 2.10. The Balaban J connectivity index is 2.98. The highest BCUT2D eigenvalue weighted by molar-refractivity contribution is 9.18. The van der Waals surface area contributed by atoms with Crippen LogP contribution in [0.4, 0.5) is 4.79 Å². The molecule has 0 aliphatic heterocycles. The largest absolute Gasteiger partial charge is 0.495 e. The standard InChI is InChI=1S/C11H13BrClNO2/c1-7-4-10(16-3)9(13)5-8(7)6-14(2)11(12)15/h4-5H,6H2,1-3H3. The van der Waals surface area contributed by atoms with Crippen LogP contribution in [0.15, 0.2) is 12.1 Å². The molecule has 0 aromatic heterocycles. The molecule has 0 spiro atoms. The highest BCUT2D eigenvalue weighted by atomic mass is 79.9. The minimum absolute atomic E-state index is 0.154. The van der Waals surface area contributed by atoms with Gasteiger partial charge >= 0.3 is 0 Å². The van der Waals surface area contributed by atoms with Gasteiger partial charge in [0.2, 0.25) is 0 Å². The Labute approximate surface area is 108 Å². The van der Waals surface area contributed by atoms with Crippen LogP contribution in [-0.4, -0.2) is 23.9 Å². The molecule has 1 amide bonds. The Kier molecular flexibility index (Phi) is 4.62. The third-order valence-corrected chi connectivity index (χ3v) is 3.22. The molecule has 0 heterocycles. The zero-order chi connectivity index (χ0) is 12.3. The van der Waals surface area contributed by atoms with Crippen LogP contribution in [0.25, 0.3) is 0 Å². The van der Waals surface area contributed by atoms with Gasteiger partial charge in [0.05, 0.1) is 12.1 Å². The van der Waals surface area contributed by atoms with Gasteiger partial charge in [-0.2, -0.15) is 0 Å².